The van der Waals surface area contributed by atoms with Crippen molar-refractivity contribution in [3.63, 3.8) is 0 Å². The number of ketones is 1. The molecule has 0 radical (unpaired) electrons. The van der Waals surface area contributed by atoms with Crippen molar-refractivity contribution in [1.29, 1.82) is 0 Å². The van der Waals surface area contributed by atoms with Gasteiger partial charge in [0.05, 0.1) is 35.6 Å². The van der Waals surface area contributed by atoms with Crippen LogP contribution in [-0.4, -0.2) is 49.4 Å². The van der Waals surface area contributed by atoms with E-state index in [1.165, 1.54) is 12.8 Å². The van der Waals surface area contributed by atoms with Gasteiger partial charge in [0.25, 0.3) is 0 Å². The first-order valence-corrected chi connectivity index (χ1v) is 12.6. The van der Waals surface area contributed by atoms with Gasteiger partial charge >= 0.3 is 0 Å². The van der Waals surface area contributed by atoms with Crippen molar-refractivity contribution < 1.29 is 9.53 Å². The molecule has 7 nitrogen and oxygen atoms in total. The fourth-order valence-electron chi connectivity index (χ4n) is 4.94. The molecule has 1 aliphatic rings. The molecule has 2 aromatic carbocycles. The summed E-state index contributed by atoms with van der Waals surface area (Å²) >= 11 is 6.10. The van der Waals surface area contributed by atoms with E-state index in [2.05, 4.69) is 19.4 Å². The number of hydrogen-bond donors (Lipinski definition) is 0. The molecule has 1 fully saturated rings. The molecule has 0 atom stereocenters. The molecule has 8 heteroatoms. The predicted molar refractivity (Wildman–Crippen MR) is 141 cm³/mol. The van der Waals surface area contributed by atoms with Gasteiger partial charge in [-0.3, -0.25) is 9.78 Å². The van der Waals surface area contributed by atoms with Gasteiger partial charge in [0, 0.05) is 47.5 Å². The Labute approximate surface area is 213 Å². The van der Waals surface area contributed by atoms with Crippen LogP contribution < -0.4 is 4.74 Å². The van der Waals surface area contributed by atoms with Gasteiger partial charge in [0.1, 0.15) is 11.5 Å². The quantitative estimate of drug-likeness (QED) is 0.252. The Morgan fingerprint density at radius 3 is 2.69 bits per heavy atom. The van der Waals surface area contributed by atoms with E-state index in [-0.39, 0.29) is 12.3 Å². The van der Waals surface area contributed by atoms with Gasteiger partial charge in [-0.05, 0) is 68.4 Å². The van der Waals surface area contributed by atoms with Crippen LogP contribution in [0, 0.1) is 0 Å². The first-order chi connectivity index (χ1) is 17.6. The molecule has 1 aliphatic heterocycles. The average molecular weight is 500 g/mol. The summed E-state index contributed by atoms with van der Waals surface area (Å²) in [6.07, 6.45) is 9.61. The lowest BCUT2D eigenvalue weighted by atomic mass is 10.1. The maximum Gasteiger partial charge on any atom is 0.184 e. The zero-order valence-corrected chi connectivity index (χ0v) is 20.6. The zero-order chi connectivity index (χ0) is 24.5. The molecule has 0 N–H and O–H groups in total. The lowest BCUT2D eigenvalue weighted by Crippen LogP contribution is -2.23. The molecular weight excluding hydrogens is 474 g/mol. The SMILES string of the molecule is O=C(Cn1cnc2cc(Cl)ccc21)c1cn(CCN2CCCC2)c2cc(Oc3cccnc3)ccc12. The second-order valence-corrected chi connectivity index (χ2v) is 9.62. The molecule has 0 unspecified atom stereocenters. The van der Waals surface area contributed by atoms with E-state index >= 15 is 0 Å². The van der Waals surface area contributed by atoms with E-state index in [0.29, 0.717) is 22.1 Å². The summed E-state index contributed by atoms with van der Waals surface area (Å²) in [5, 5.41) is 1.55. The van der Waals surface area contributed by atoms with Crippen LogP contribution in [0.4, 0.5) is 0 Å². The van der Waals surface area contributed by atoms with Crippen molar-refractivity contribution in [3.8, 4) is 11.5 Å². The van der Waals surface area contributed by atoms with Crippen LogP contribution in [0.15, 0.2) is 73.4 Å². The molecule has 6 rings (SSSR count). The number of pyridine rings is 1. The second-order valence-electron chi connectivity index (χ2n) is 9.18. The summed E-state index contributed by atoms with van der Waals surface area (Å²) in [7, 11) is 0. The minimum atomic E-state index is 0.0371. The van der Waals surface area contributed by atoms with Crippen LogP contribution in [0.3, 0.4) is 0 Å². The van der Waals surface area contributed by atoms with Gasteiger partial charge < -0.3 is 18.8 Å². The number of halogens is 1. The summed E-state index contributed by atoms with van der Waals surface area (Å²) < 4.78 is 10.1. The highest BCUT2D eigenvalue weighted by Crippen LogP contribution is 2.30. The van der Waals surface area contributed by atoms with Gasteiger partial charge in [0.2, 0.25) is 0 Å². The number of Topliss-reactive ketones (excluding diaryl/α,β-unsaturated/α-hetero) is 1. The number of rotatable bonds is 8. The first-order valence-electron chi connectivity index (χ1n) is 12.2. The Hall–Kier alpha value is -3.68. The maximum atomic E-state index is 13.5. The van der Waals surface area contributed by atoms with Crippen LogP contribution in [0.25, 0.3) is 21.9 Å². The summed E-state index contributed by atoms with van der Waals surface area (Å²) in [4.78, 5) is 24.6. The average Bonchev–Trinajstić information content (AvgIpc) is 3.62. The fraction of sp³-hybridized carbons (Fsp3) is 0.250. The minimum absolute atomic E-state index is 0.0371. The van der Waals surface area contributed by atoms with E-state index in [4.69, 9.17) is 16.3 Å². The maximum absolute atomic E-state index is 13.5. The number of carbonyl (C=O) groups is 1. The first kappa shape index (κ1) is 22.8. The molecule has 182 valence electrons. The second kappa shape index (κ2) is 9.76. The summed E-state index contributed by atoms with van der Waals surface area (Å²) in [5.74, 6) is 1.43. The van der Waals surface area contributed by atoms with E-state index in [1.807, 2.05) is 59.3 Å². The van der Waals surface area contributed by atoms with E-state index in [9.17, 15) is 4.79 Å². The van der Waals surface area contributed by atoms with Crippen molar-refractivity contribution in [1.82, 2.24) is 24.0 Å². The van der Waals surface area contributed by atoms with Gasteiger partial charge in [-0.25, -0.2) is 4.98 Å². The van der Waals surface area contributed by atoms with Crippen LogP contribution in [0.2, 0.25) is 5.02 Å². The number of carbonyl (C=O) groups excluding carboxylic acids is 1. The van der Waals surface area contributed by atoms with Crippen LogP contribution >= 0.6 is 11.6 Å². The molecule has 0 amide bonds. The summed E-state index contributed by atoms with van der Waals surface area (Å²) in [6, 6.07) is 15.2. The molecule has 3 aromatic heterocycles. The number of hydrogen-bond acceptors (Lipinski definition) is 5. The topological polar surface area (TPSA) is 65.2 Å². The smallest absolute Gasteiger partial charge is 0.184 e. The van der Waals surface area contributed by atoms with Crippen molar-refractivity contribution in [3.05, 3.63) is 84.0 Å². The highest BCUT2D eigenvalue weighted by atomic mass is 35.5. The Bertz CT molecular complexity index is 1540. The lowest BCUT2D eigenvalue weighted by Gasteiger charge is -2.15. The number of fused-ring (bicyclic) bond motifs is 2. The fourth-order valence-corrected chi connectivity index (χ4v) is 5.11. The molecule has 0 aliphatic carbocycles. The van der Waals surface area contributed by atoms with Gasteiger partial charge in [-0.2, -0.15) is 0 Å². The van der Waals surface area contributed by atoms with Crippen molar-refractivity contribution >= 4 is 39.3 Å². The highest BCUT2D eigenvalue weighted by molar-refractivity contribution is 6.31. The Balaban J connectivity index is 1.33. The van der Waals surface area contributed by atoms with Crippen LogP contribution in [0.5, 0.6) is 11.5 Å². The molecule has 0 bridgehead atoms. The number of ether oxygens (including phenoxy) is 1. The molecule has 0 spiro atoms. The summed E-state index contributed by atoms with van der Waals surface area (Å²) in [6.45, 7) is 4.25. The van der Waals surface area contributed by atoms with E-state index in [1.54, 1.807) is 18.7 Å². The minimum Gasteiger partial charge on any atom is -0.456 e. The largest absolute Gasteiger partial charge is 0.456 e. The Morgan fingerprint density at radius 2 is 1.86 bits per heavy atom. The monoisotopic (exact) mass is 499 g/mol. The molecule has 36 heavy (non-hydrogen) atoms. The van der Waals surface area contributed by atoms with Crippen LogP contribution in [0.1, 0.15) is 23.2 Å². The zero-order valence-electron chi connectivity index (χ0n) is 19.8. The lowest BCUT2D eigenvalue weighted by molar-refractivity contribution is 0.0974. The Kier molecular flexibility index (Phi) is 6.17. The number of imidazole rings is 1. The summed E-state index contributed by atoms with van der Waals surface area (Å²) in [5.41, 5.74) is 3.36. The normalized spacial score (nSPS) is 14.1. The van der Waals surface area contributed by atoms with Gasteiger partial charge in [0.15, 0.2) is 5.78 Å². The van der Waals surface area contributed by atoms with Crippen molar-refractivity contribution in [2.24, 2.45) is 0 Å². The number of aromatic nitrogens is 4. The van der Waals surface area contributed by atoms with E-state index in [0.717, 1.165) is 48.1 Å². The molecule has 1 saturated heterocycles. The van der Waals surface area contributed by atoms with Crippen molar-refractivity contribution in [2.75, 3.05) is 19.6 Å². The number of likely N-dealkylation sites (tertiary alicyclic amines) is 1. The Morgan fingerprint density at radius 1 is 0.972 bits per heavy atom. The van der Waals surface area contributed by atoms with Gasteiger partial charge in [-0.15, -0.1) is 0 Å². The predicted octanol–water partition coefficient (Wildman–Crippen LogP) is 5.81. The van der Waals surface area contributed by atoms with Crippen molar-refractivity contribution in [2.45, 2.75) is 25.9 Å². The standard InChI is InChI=1S/C28H26ClN5O2/c29-20-5-8-26-25(14-20)31-19-34(26)18-28(35)24-17-33(13-12-32-10-1-2-11-32)27-15-21(6-7-23(24)27)36-22-4-3-9-30-16-22/h3-9,14-17,19H,1-2,10-13,18H2. The molecular formula is C28H26ClN5O2. The number of benzene rings is 2. The highest BCUT2D eigenvalue weighted by Gasteiger charge is 2.19. The van der Waals surface area contributed by atoms with Gasteiger partial charge in [-0.1, -0.05) is 11.6 Å². The third-order valence-electron chi connectivity index (χ3n) is 6.78. The third-order valence-corrected chi connectivity index (χ3v) is 7.01. The molecule has 0 saturated carbocycles. The van der Waals surface area contributed by atoms with E-state index < -0.39 is 0 Å². The number of nitrogens with zero attached hydrogens (tertiary/aromatic N) is 5. The van der Waals surface area contributed by atoms with Crippen LogP contribution in [-0.2, 0) is 13.1 Å². The third kappa shape index (κ3) is 4.59. The molecule has 4 heterocycles. The molecule has 5 aromatic rings.